The monoisotopic (exact) mass is 274 g/mol. The van der Waals surface area contributed by atoms with Crippen LogP contribution in [0.25, 0.3) is 0 Å². The molecule has 0 aromatic rings. The Kier molecular flexibility index (Phi) is 7.30. The lowest BCUT2D eigenvalue weighted by Crippen LogP contribution is -2.46. The van der Waals surface area contributed by atoms with Crippen molar-refractivity contribution in [3.8, 4) is 0 Å². The third kappa shape index (κ3) is 7.47. The van der Waals surface area contributed by atoms with E-state index in [0.29, 0.717) is 32.8 Å². The molecule has 112 valence electrons. The average Bonchev–Trinajstić information content (AvgIpc) is 2.37. The van der Waals surface area contributed by atoms with Crippen LogP contribution < -0.4 is 10.6 Å². The zero-order chi connectivity index (χ0) is 14.1. The van der Waals surface area contributed by atoms with E-state index in [9.17, 15) is 9.90 Å². The van der Waals surface area contributed by atoms with Gasteiger partial charge in [-0.3, -0.25) is 4.79 Å². The molecule has 1 heterocycles. The number of ether oxygens (including phenoxy) is 2. The maximum Gasteiger partial charge on any atom is 0.234 e. The lowest BCUT2D eigenvalue weighted by molar-refractivity contribution is -0.121. The normalized spacial score (nSPS) is 19.9. The first-order valence-corrected chi connectivity index (χ1v) is 6.82. The highest BCUT2D eigenvalue weighted by atomic mass is 16.5. The summed E-state index contributed by atoms with van der Waals surface area (Å²) < 4.78 is 10.2. The number of hydrogen-bond acceptors (Lipinski definition) is 5. The molecule has 6 nitrogen and oxygen atoms in total. The zero-order valence-corrected chi connectivity index (χ0v) is 11.9. The summed E-state index contributed by atoms with van der Waals surface area (Å²) in [4.78, 5) is 11.7. The van der Waals surface area contributed by atoms with Crippen LogP contribution >= 0.6 is 0 Å². The molecule has 0 bridgehead atoms. The number of methoxy groups -OCH3 is 1. The summed E-state index contributed by atoms with van der Waals surface area (Å²) in [6.45, 7) is 4.25. The maximum atomic E-state index is 11.7. The molecule has 1 rings (SSSR count). The fourth-order valence-electron chi connectivity index (χ4n) is 1.98. The average molecular weight is 274 g/mol. The van der Waals surface area contributed by atoms with E-state index in [1.807, 2.05) is 0 Å². The third-order valence-corrected chi connectivity index (χ3v) is 3.22. The highest BCUT2D eigenvalue weighted by Gasteiger charge is 2.20. The van der Waals surface area contributed by atoms with Crippen molar-refractivity contribution in [3.63, 3.8) is 0 Å². The molecule has 1 unspecified atom stereocenters. The van der Waals surface area contributed by atoms with Crippen molar-refractivity contribution in [2.75, 3.05) is 40.0 Å². The van der Waals surface area contributed by atoms with Gasteiger partial charge in [0.15, 0.2) is 0 Å². The van der Waals surface area contributed by atoms with Gasteiger partial charge in [-0.05, 0) is 19.8 Å². The molecule has 0 aromatic heterocycles. The molecule has 1 aliphatic heterocycles. The Bertz CT molecular complexity index is 265. The molecular weight excluding hydrogens is 248 g/mol. The molecule has 1 aliphatic rings. The van der Waals surface area contributed by atoms with Gasteiger partial charge in [0, 0.05) is 45.9 Å². The largest absolute Gasteiger partial charge is 0.389 e. The Morgan fingerprint density at radius 1 is 1.47 bits per heavy atom. The topological polar surface area (TPSA) is 79.8 Å². The van der Waals surface area contributed by atoms with Gasteiger partial charge in [0.1, 0.15) is 0 Å². The molecule has 0 spiro atoms. The van der Waals surface area contributed by atoms with Gasteiger partial charge in [0.2, 0.25) is 5.91 Å². The predicted molar refractivity (Wildman–Crippen MR) is 72.0 cm³/mol. The van der Waals surface area contributed by atoms with Crippen molar-refractivity contribution >= 4 is 5.91 Å². The highest BCUT2D eigenvalue weighted by Crippen LogP contribution is 2.07. The molecule has 0 aromatic carbocycles. The van der Waals surface area contributed by atoms with Crippen molar-refractivity contribution in [1.82, 2.24) is 10.6 Å². The van der Waals surface area contributed by atoms with E-state index in [-0.39, 0.29) is 18.5 Å². The molecule has 3 N–H and O–H groups in total. The summed E-state index contributed by atoms with van der Waals surface area (Å²) in [5.74, 6) is -0.0329. The lowest BCUT2D eigenvalue weighted by Gasteiger charge is -2.25. The molecule has 1 fully saturated rings. The van der Waals surface area contributed by atoms with Crippen LogP contribution in [0.1, 0.15) is 26.2 Å². The van der Waals surface area contributed by atoms with Crippen molar-refractivity contribution in [3.05, 3.63) is 0 Å². The minimum Gasteiger partial charge on any atom is -0.389 e. The van der Waals surface area contributed by atoms with E-state index in [2.05, 4.69) is 10.6 Å². The molecule has 0 radical (unpaired) electrons. The fraction of sp³-hybridized carbons (Fsp3) is 0.923. The summed E-state index contributed by atoms with van der Waals surface area (Å²) in [7, 11) is 1.60. The quantitative estimate of drug-likeness (QED) is 0.564. The Labute approximate surface area is 114 Å². The van der Waals surface area contributed by atoms with Crippen LogP contribution in [0.2, 0.25) is 0 Å². The predicted octanol–water partition coefficient (Wildman–Crippen LogP) is -0.341. The summed E-state index contributed by atoms with van der Waals surface area (Å²) in [5.41, 5.74) is -0.852. The number of rotatable bonds is 8. The molecule has 1 atom stereocenters. The SMILES string of the molecule is COCCC(C)(O)CNCC(=O)NC1CCOCC1. The first-order chi connectivity index (χ1) is 9.03. The van der Waals surface area contributed by atoms with E-state index >= 15 is 0 Å². The van der Waals surface area contributed by atoms with E-state index in [1.165, 1.54) is 0 Å². The van der Waals surface area contributed by atoms with E-state index in [0.717, 1.165) is 12.8 Å². The summed E-state index contributed by atoms with van der Waals surface area (Å²) in [5, 5.41) is 15.9. The maximum absolute atomic E-state index is 11.7. The Morgan fingerprint density at radius 2 is 2.16 bits per heavy atom. The molecule has 0 aliphatic carbocycles. The minimum absolute atomic E-state index is 0.0329. The van der Waals surface area contributed by atoms with Gasteiger partial charge in [-0.1, -0.05) is 0 Å². The van der Waals surface area contributed by atoms with Crippen LogP contribution in [0, 0.1) is 0 Å². The molecule has 1 saturated heterocycles. The van der Waals surface area contributed by atoms with Crippen LogP contribution in [0.3, 0.4) is 0 Å². The van der Waals surface area contributed by atoms with Crippen molar-refractivity contribution in [1.29, 1.82) is 0 Å². The fourth-order valence-corrected chi connectivity index (χ4v) is 1.98. The zero-order valence-electron chi connectivity index (χ0n) is 11.9. The second-order valence-corrected chi connectivity index (χ2v) is 5.30. The minimum atomic E-state index is -0.852. The van der Waals surface area contributed by atoms with Gasteiger partial charge in [-0.15, -0.1) is 0 Å². The molecule has 1 amide bonds. The number of amides is 1. The number of aliphatic hydroxyl groups is 1. The van der Waals surface area contributed by atoms with E-state index < -0.39 is 5.60 Å². The van der Waals surface area contributed by atoms with E-state index in [4.69, 9.17) is 9.47 Å². The van der Waals surface area contributed by atoms with Gasteiger partial charge in [0.25, 0.3) is 0 Å². The van der Waals surface area contributed by atoms with Gasteiger partial charge >= 0.3 is 0 Å². The summed E-state index contributed by atoms with van der Waals surface area (Å²) >= 11 is 0. The Balaban J connectivity index is 2.12. The third-order valence-electron chi connectivity index (χ3n) is 3.22. The number of hydrogen-bond donors (Lipinski definition) is 3. The molecule has 6 heteroatoms. The van der Waals surface area contributed by atoms with Crippen LogP contribution in [-0.4, -0.2) is 62.7 Å². The smallest absolute Gasteiger partial charge is 0.234 e. The first-order valence-electron chi connectivity index (χ1n) is 6.82. The number of carbonyl (C=O) groups is 1. The molecule has 19 heavy (non-hydrogen) atoms. The summed E-state index contributed by atoms with van der Waals surface area (Å²) in [6, 6.07) is 0.219. The van der Waals surface area contributed by atoms with Crippen LogP contribution in [0.5, 0.6) is 0 Å². The number of nitrogens with one attached hydrogen (secondary N) is 2. The number of carbonyl (C=O) groups excluding carboxylic acids is 1. The van der Waals surface area contributed by atoms with Crippen molar-refractivity contribution in [2.45, 2.75) is 37.8 Å². The van der Waals surface area contributed by atoms with E-state index in [1.54, 1.807) is 14.0 Å². The van der Waals surface area contributed by atoms with Crippen LogP contribution in [0.15, 0.2) is 0 Å². The first kappa shape index (κ1) is 16.4. The van der Waals surface area contributed by atoms with Crippen molar-refractivity contribution in [2.24, 2.45) is 0 Å². The van der Waals surface area contributed by atoms with Gasteiger partial charge in [0.05, 0.1) is 12.1 Å². The second-order valence-electron chi connectivity index (χ2n) is 5.30. The van der Waals surface area contributed by atoms with Crippen LogP contribution in [0.4, 0.5) is 0 Å². The summed E-state index contributed by atoms with van der Waals surface area (Å²) in [6.07, 6.45) is 2.28. The molecule has 0 saturated carbocycles. The Hall–Kier alpha value is -0.690. The van der Waals surface area contributed by atoms with Gasteiger partial charge in [-0.25, -0.2) is 0 Å². The standard InChI is InChI=1S/C13H26N2O4/c1-13(17,5-8-18-2)10-14-9-12(16)15-11-3-6-19-7-4-11/h11,14,17H,3-10H2,1-2H3,(H,15,16). The van der Waals surface area contributed by atoms with Crippen molar-refractivity contribution < 1.29 is 19.4 Å². The van der Waals surface area contributed by atoms with Crippen LogP contribution in [-0.2, 0) is 14.3 Å². The highest BCUT2D eigenvalue weighted by molar-refractivity contribution is 5.78. The van der Waals surface area contributed by atoms with Gasteiger partial charge in [-0.2, -0.15) is 0 Å². The second kappa shape index (κ2) is 8.47. The molecular formula is C13H26N2O4. The van der Waals surface area contributed by atoms with Gasteiger partial charge < -0.3 is 25.2 Å². The Morgan fingerprint density at radius 3 is 2.79 bits per heavy atom. The lowest BCUT2D eigenvalue weighted by atomic mass is 10.0.